The summed E-state index contributed by atoms with van der Waals surface area (Å²) in [6.07, 6.45) is -2.07. The summed E-state index contributed by atoms with van der Waals surface area (Å²) in [5.74, 6) is -3.04. The first-order valence-corrected chi connectivity index (χ1v) is 5.44. The van der Waals surface area contributed by atoms with Crippen LogP contribution in [-0.4, -0.2) is 40.1 Å². The molecule has 104 valence electrons. The van der Waals surface area contributed by atoms with E-state index in [1.807, 2.05) is 0 Å². The third-order valence-electron chi connectivity index (χ3n) is 2.71. The minimum Gasteiger partial charge on any atom is -0.480 e. The van der Waals surface area contributed by atoms with Crippen molar-refractivity contribution >= 4 is 11.9 Å². The van der Waals surface area contributed by atoms with E-state index in [9.17, 15) is 14.7 Å². The molecule has 2 unspecified atom stereocenters. The Morgan fingerprint density at radius 3 is 2.32 bits per heavy atom. The molecular formula is C12H15NO6. The van der Waals surface area contributed by atoms with Crippen molar-refractivity contribution < 1.29 is 29.6 Å². The Morgan fingerprint density at radius 2 is 1.89 bits per heavy atom. The highest BCUT2D eigenvalue weighted by atomic mass is 16.5. The van der Waals surface area contributed by atoms with E-state index < -0.39 is 30.2 Å². The Morgan fingerprint density at radius 1 is 1.32 bits per heavy atom. The SMILES string of the molecule is NC(O)C(CO)(C(=O)O)C(=O)OCc1ccccc1. The van der Waals surface area contributed by atoms with Gasteiger partial charge >= 0.3 is 11.9 Å². The van der Waals surface area contributed by atoms with Crippen molar-refractivity contribution in [3.05, 3.63) is 35.9 Å². The van der Waals surface area contributed by atoms with Gasteiger partial charge in [-0.2, -0.15) is 0 Å². The highest BCUT2D eigenvalue weighted by molar-refractivity contribution is 6.00. The first-order valence-electron chi connectivity index (χ1n) is 5.44. The Balaban J connectivity index is 2.82. The average molecular weight is 269 g/mol. The number of benzene rings is 1. The van der Waals surface area contributed by atoms with E-state index in [1.165, 1.54) is 0 Å². The van der Waals surface area contributed by atoms with Gasteiger partial charge in [-0.25, -0.2) is 0 Å². The number of carboxylic acids is 1. The number of nitrogens with two attached hydrogens (primary N) is 1. The predicted molar refractivity (Wildman–Crippen MR) is 63.6 cm³/mol. The van der Waals surface area contributed by atoms with Crippen molar-refractivity contribution in [2.24, 2.45) is 11.1 Å². The molecule has 0 bridgehead atoms. The van der Waals surface area contributed by atoms with E-state index in [0.29, 0.717) is 5.56 Å². The van der Waals surface area contributed by atoms with Crippen LogP contribution in [0.2, 0.25) is 0 Å². The zero-order valence-electron chi connectivity index (χ0n) is 10.0. The number of hydrogen-bond acceptors (Lipinski definition) is 6. The van der Waals surface area contributed by atoms with Gasteiger partial charge in [0.05, 0.1) is 6.61 Å². The number of carbonyl (C=O) groups excluding carboxylic acids is 1. The number of esters is 1. The Bertz CT molecular complexity index is 447. The fourth-order valence-corrected chi connectivity index (χ4v) is 1.41. The molecule has 7 nitrogen and oxygen atoms in total. The third kappa shape index (κ3) is 3.08. The summed E-state index contributed by atoms with van der Waals surface area (Å²) in [5.41, 5.74) is 3.13. The number of aliphatic hydroxyl groups excluding tert-OH is 2. The highest BCUT2D eigenvalue weighted by Crippen LogP contribution is 2.22. The van der Waals surface area contributed by atoms with Crippen LogP contribution in [0.4, 0.5) is 0 Å². The standard InChI is InChI=1S/C12H15NO6/c13-9(15)12(7-14,10(16)17)11(18)19-6-8-4-2-1-3-5-8/h1-5,9,14-15H,6-7,13H2,(H,16,17). The van der Waals surface area contributed by atoms with E-state index in [2.05, 4.69) is 0 Å². The normalized spacial score (nSPS) is 15.3. The number of carbonyl (C=O) groups is 2. The monoisotopic (exact) mass is 269 g/mol. The van der Waals surface area contributed by atoms with Gasteiger partial charge in [-0.05, 0) is 5.56 Å². The van der Waals surface area contributed by atoms with Crippen molar-refractivity contribution in [2.45, 2.75) is 12.8 Å². The van der Waals surface area contributed by atoms with Crippen LogP contribution in [0.25, 0.3) is 0 Å². The molecule has 0 amide bonds. The van der Waals surface area contributed by atoms with Crippen molar-refractivity contribution in [3.63, 3.8) is 0 Å². The van der Waals surface area contributed by atoms with Crippen LogP contribution in [0.5, 0.6) is 0 Å². The summed E-state index contributed by atoms with van der Waals surface area (Å²) in [5, 5.41) is 27.3. The van der Waals surface area contributed by atoms with Crippen molar-refractivity contribution in [1.82, 2.24) is 0 Å². The number of aliphatic hydroxyl groups is 2. The Kier molecular flexibility index (Phi) is 4.99. The van der Waals surface area contributed by atoms with Crippen molar-refractivity contribution in [2.75, 3.05) is 6.61 Å². The second-order valence-corrected chi connectivity index (χ2v) is 3.94. The smallest absolute Gasteiger partial charge is 0.330 e. The van der Waals surface area contributed by atoms with Gasteiger partial charge in [0.15, 0.2) is 0 Å². The maximum Gasteiger partial charge on any atom is 0.330 e. The maximum atomic E-state index is 11.7. The van der Waals surface area contributed by atoms with Crippen molar-refractivity contribution in [3.8, 4) is 0 Å². The molecule has 19 heavy (non-hydrogen) atoms. The molecule has 7 heteroatoms. The van der Waals surface area contributed by atoms with E-state index in [4.69, 9.17) is 20.7 Å². The van der Waals surface area contributed by atoms with Gasteiger partial charge < -0.3 is 25.8 Å². The number of aliphatic carboxylic acids is 1. The molecule has 0 saturated heterocycles. The molecule has 0 spiro atoms. The zero-order valence-corrected chi connectivity index (χ0v) is 10.0. The fraction of sp³-hybridized carbons (Fsp3) is 0.333. The largest absolute Gasteiger partial charge is 0.480 e. The molecule has 1 rings (SSSR count). The van der Waals surface area contributed by atoms with Gasteiger partial charge in [-0.15, -0.1) is 0 Å². The summed E-state index contributed by atoms with van der Waals surface area (Å²) in [7, 11) is 0. The molecule has 1 aromatic rings. The number of rotatable bonds is 6. The maximum absolute atomic E-state index is 11.7. The molecule has 2 atom stereocenters. The first-order chi connectivity index (χ1) is 8.95. The van der Waals surface area contributed by atoms with Crippen LogP contribution < -0.4 is 5.73 Å². The van der Waals surface area contributed by atoms with Gasteiger partial charge in [0.2, 0.25) is 5.41 Å². The van der Waals surface area contributed by atoms with Gasteiger partial charge in [0.1, 0.15) is 12.8 Å². The molecular weight excluding hydrogens is 254 g/mol. The second-order valence-electron chi connectivity index (χ2n) is 3.94. The van der Waals surface area contributed by atoms with Crippen LogP contribution in [0, 0.1) is 5.41 Å². The first kappa shape index (κ1) is 15.1. The molecule has 0 aliphatic heterocycles. The van der Waals surface area contributed by atoms with Crippen molar-refractivity contribution in [1.29, 1.82) is 0 Å². The van der Waals surface area contributed by atoms with Crippen LogP contribution in [0.1, 0.15) is 5.56 Å². The lowest BCUT2D eigenvalue weighted by Gasteiger charge is -2.27. The molecule has 0 heterocycles. The molecule has 0 radical (unpaired) electrons. The summed E-state index contributed by atoms with van der Waals surface area (Å²) in [4.78, 5) is 22.8. The minimum atomic E-state index is -2.57. The Hall–Kier alpha value is -1.96. The van der Waals surface area contributed by atoms with Crippen LogP contribution >= 0.6 is 0 Å². The van der Waals surface area contributed by atoms with Gasteiger partial charge in [-0.1, -0.05) is 30.3 Å². The summed E-state index contributed by atoms with van der Waals surface area (Å²) in [6, 6.07) is 8.56. The van der Waals surface area contributed by atoms with E-state index in [1.54, 1.807) is 30.3 Å². The lowest BCUT2D eigenvalue weighted by atomic mass is 9.87. The van der Waals surface area contributed by atoms with E-state index >= 15 is 0 Å². The lowest BCUT2D eigenvalue weighted by Crippen LogP contribution is -2.56. The fourth-order valence-electron chi connectivity index (χ4n) is 1.41. The molecule has 0 aromatic heterocycles. The topological polar surface area (TPSA) is 130 Å². The molecule has 0 fully saturated rings. The molecule has 1 aromatic carbocycles. The molecule has 0 aliphatic rings. The molecule has 0 saturated carbocycles. The van der Waals surface area contributed by atoms with Gasteiger partial charge in [0.25, 0.3) is 0 Å². The lowest BCUT2D eigenvalue weighted by molar-refractivity contribution is -0.182. The van der Waals surface area contributed by atoms with Crippen LogP contribution in [0.15, 0.2) is 30.3 Å². The number of ether oxygens (including phenoxy) is 1. The number of carboxylic acid groups (broad SMARTS) is 1. The summed E-state index contributed by atoms with van der Waals surface area (Å²) in [6.45, 7) is -1.34. The number of hydrogen-bond donors (Lipinski definition) is 4. The van der Waals surface area contributed by atoms with Gasteiger partial charge in [-0.3, -0.25) is 9.59 Å². The molecule has 0 aliphatic carbocycles. The van der Waals surface area contributed by atoms with Crippen LogP contribution in [0.3, 0.4) is 0 Å². The molecule has 5 N–H and O–H groups in total. The quantitative estimate of drug-likeness (QED) is 0.298. The van der Waals surface area contributed by atoms with E-state index in [-0.39, 0.29) is 6.61 Å². The van der Waals surface area contributed by atoms with Gasteiger partial charge in [0, 0.05) is 0 Å². The van der Waals surface area contributed by atoms with Crippen LogP contribution in [-0.2, 0) is 20.9 Å². The minimum absolute atomic E-state index is 0.179. The highest BCUT2D eigenvalue weighted by Gasteiger charge is 2.52. The zero-order chi connectivity index (χ0) is 14.5. The summed E-state index contributed by atoms with van der Waals surface area (Å²) < 4.78 is 4.79. The Labute approximate surface area is 109 Å². The average Bonchev–Trinajstić information content (AvgIpc) is 2.38. The second kappa shape index (κ2) is 6.28. The third-order valence-corrected chi connectivity index (χ3v) is 2.71. The van der Waals surface area contributed by atoms with E-state index in [0.717, 1.165) is 0 Å². The predicted octanol–water partition coefficient (Wildman–Crippen LogP) is -0.930. The summed E-state index contributed by atoms with van der Waals surface area (Å²) >= 11 is 0.